The Balaban J connectivity index is 3.18. The summed E-state index contributed by atoms with van der Waals surface area (Å²) < 4.78 is 5.07. The second-order valence-corrected chi connectivity index (χ2v) is 4.24. The first kappa shape index (κ1) is 13.5. The van der Waals surface area contributed by atoms with Crippen molar-refractivity contribution in [2.24, 2.45) is 5.92 Å². The van der Waals surface area contributed by atoms with E-state index in [1.165, 1.54) is 19.3 Å². The summed E-state index contributed by atoms with van der Waals surface area (Å²) in [5.74, 6) is 0.411. The summed E-state index contributed by atoms with van der Waals surface area (Å²) in [7, 11) is 0. The highest BCUT2D eigenvalue weighted by atomic mass is 16.5. The van der Waals surface area contributed by atoms with E-state index in [-0.39, 0.29) is 5.97 Å². The zero-order chi connectivity index (χ0) is 10.8. The molecule has 0 fully saturated rings. The Labute approximate surface area is 88.0 Å². The number of hydrogen-bond acceptors (Lipinski definition) is 2. The molecule has 0 aromatic heterocycles. The van der Waals surface area contributed by atoms with Crippen LogP contribution < -0.4 is 0 Å². The van der Waals surface area contributed by atoms with Crippen LogP contribution in [0.4, 0.5) is 0 Å². The van der Waals surface area contributed by atoms with Gasteiger partial charge < -0.3 is 4.74 Å². The SMILES string of the molecule is CCCCCCCC(=O)OCC(C)C. The lowest BCUT2D eigenvalue weighted by molar-refractivity contribution is -0.144. The first-order chi connectivity index (χ1) is 6.66. The molecule has 0 bridgehead atoms. The molecule has 0 aliphatic rings. The van der Waals surface area contributed by atoms with E-state index in [2.05, 4.69) is 20.8 Å². The summed E-state index contributed by atoms with van der Waals surface area (Å²) in [6.45, 7) is 6.85. The van der Waals surface area contributed by atoms with Crippen LogP contribution in [0.1, 0.15) is 59.3 Å². The molecule has 0 saturated carbocycles. The molecule has 0 spiro atoms. The first-order valence-corrected chi connectivity index (χ1v) is 5.82. The minimum Gasteiger partial charge on any atom is -0.465 e. The van der Waals surface area contributed by atoms with Crippen molar-refractivity contribution in [3.8, 4) is 0 Å². The summed E-state index contributed by atoms with van der Waals surface area (Å²) in [6, 6.07) is 0. The predicted octanol–water partition coefficient (Wildman–Crippen LogP) is 3.55. The average molecular weight is 200 g/mol. The van der Waals surface area contributed by atoms with Crippen LogP contribution in [0.5, 0.6) is 0 Å². The predicted molar refractivity (Wildman–Crippen MR) is 59.2 cm³/mol. The quantitative estimate of drug-likeness (QED) is 0.442. The van der Waals surface area contributed by atoms with Crippen molar-refractivity contribution in [1.29, 1.82) is 0 Å². The number of rotatable bonds is 8. The molecule has 0 radical (unpaired) electrons. The minimum absolute atomic E-state index is 0.0322. The van der Waals surface area contributed by atoms with Crippen LogP contribution in [-0.2, 0) is 9.53 Å². The third-order valence-electron chi connectivity index (χ3n) is 2.06. The number of ether oxygens (including phenoxy) is 1. The van der Waals surface area contributed by atoms with Gasteiger partial charge in [-0.25, -0.2) is 0 Å². The lowest BCUT2D eigenvalue weighted by atomic mass is 10.1. The molecule has 0 unspecified atom stereocenters. The van der Waals surface area contributed by atoms with Gasteiger partial charge >= 0.3 is 5.97 Å². The summed E-state index contributed by atoms with van der Waals surface area (Å²) in [6.07, 6.45) is 6.50. The third-order valence-corrected chi connectivity index (χ3v) is 2.06. The summed E-state index contributed by atoms with van der Waals surface area (Å²) in [5.41, 5.74) is 0. The fourth-order valence-electron chi connectivity index (χ4n) is 1.20. The van der Waals surface area contributed by atoms with Gasteiger partial charge in [-0.2, -0.15) is 0 Å². The zero-order valence-corrected chi connectivity index (χ0v) is 9.84. The van der Waals surface area contributed by atoms with Crippen molar-refractivity contribution in [3.63, 3.8) is 0 Å². The van der Waals surface area contributed by atoms with Crippen molar-refractivity contribution < 1.29 is 9.53 Å². The van der Waals surface area contributed by atoms with Crippen LogP contribution in [0.25, 0.3) is 0 Å². The molecule has 0 aromatic rings. The van der Waals surface area contributed by atoms with Crippen molar-refractivity contribution in [3.05, 3.63) is 0 Å². The topological polar surface area (TPSA) is 26.3 Å². The number of unbranched alkanes of at least 4 members (excludes halogenated alkanes) is 4. The van der Waals surface area contributed by atoms with Gasteiger partial charge in [-0.15, -0.1) is 0 Å². The van der Waals surface area contributed by atoms with E-state index in [9.17, 15) is 4.79 Å². The van der Waals surface area contributed by atoms with Crippen LogP contribution >= 0.6 is 0 Å². The van der Waals surface area contributed by atoms with Crippen LogP contribution in [0.15, 0.2) is 0 Å². The Bertz CT molecular complexity index is 141. The molecule has 0 N–H and O–H groups in total. The van der Waals surface area contributed by atoms with Gasteiger partial charge in [-0.05, 0) is 12.3 Å². The molecule has 2 heteroatoms. The lowest BCUT2D eigenvalue weighted by Crippen LogP contribution is -2.09. The molecular weight excluding hydrogens is 176 g/mol. The van der Waals surface area contributed by atoms with Crippen molar-refractivity contribution >= 4 is 5.97 Å². The van der Waals surface area contributed by atoms with Gasteiger partial charge in [0.15, 0.2) is 0 Å². The summed E-state index contributed by atoms with van der Waals surface area (Å²) in [5, 5.41) is 0. The molecule has 14 heavy (non-hydrogen) atoms. The fourth-order valence-corrected chi connectivity index (χ4v) is 1.20. The van der Waals surface area contributed by atoms with E-state index in [1.807, 2.05) is 0 Å². The van der Waals surface area contributed by atoms with E-state index < -0.39 is 0 Å². The van der Waals surface area contributed by atoms with E-state index in [4.69, 9.17) is 4.74 Å². The molecular formula is C12H24O2. The molecule has 84 valence electrons. The Hall–Kier alpha value is -0.530. The molecule has 0 atom stereocenters. The van der Waals surface area contributed by atoms with Crippen LogP contribution in [0, 0.1) is 5.92 Å². The van der Waals surface area contributed by atoms with Crippen molar-refractivity contribution in [2.75, 3.05) is 6.61 Å². The van der Waals surface area contributed by atoms with Crippen LogP contribution in [0.2, 0.25) is 0 Å². The summed E-state index contributed by atoms with van der Waals surface area (Å²) in [4.78, 5) is 11.2. The monoisotopic (exact) mass is 200 g/mol. The van der Waals surface area contributed by atoms with E-state index >= 15 is 0 Å². The largest absolute Gasteiger partial charge is 0.465 e. The van der Waals surface area contributed by atoms with Gasteiger partial charge in [-0.1, -0.05) is 46.5 Å². The maximum absolute atomic E-state index is 11.2. The van der Waals surface area contributed by atoms with Gasteiger partial charge in [0.05, 0.1) is 6.61 Å². The summed E-state index contributed by atoms with van der Waals surface area (Å²) >= 11 is 0. The molecule has 0 rings (SSSR count). The van der Waals surface area contributed by atoms with E-state index in [0.717, 1.165) is 12.8 Å². The Morgan fingerprint density at radius 3 is 2.36 bits per heavy atom. The van der Waals surface area contributed by atoms with Crippen LogP contribution in [0.3, 0.4) is 0 Å². The Morgan fingerprint density at radius 2 is 1.79 bits per heavy atom. The standard InChI is InChI=1S/C12H24O2/c1-4-5-6-7-8-9-12(13)14-10-11(2)3/h11H,4-10H2,1-3H3. The molecule has 0 heterocycles. The maximum atomic E-state index is 11.2. The van der Waals surface area contributed by atoms with Crippen molar-refractivity contribution in [2.45, 2.75) is 59.3 Å². The second kappa shape index (κ2) is 9.04. The van der Waals surface area contributed by atoms with Gasteiger partial charge in [0.1, 0.15) is 0 Å². The number of carbonyl (C=O) groups excluding carboxylic acids is 1. The zero-order valence-electron chi connectivity index (χ0n) is 9.84. The molecule has 0 amide bonds. The Morgan fingerprint density at radius 1 is 1.14 bits per heavy atom. The Kier molecular flexibility index (Phi) is 8.70. The van der Waals surface area contributed by atoms with Gasteiger partial charge in [-0.3, -0.25) is 4.79 Å². The van der Waals surface area contributed by atoms with Crippen molar-refractivity contribution in [1.82, 2.24) is 0 Å². The molecule has 2 nitrogen and oxygen atoms in total. The smallest absolute Gasteiger partial charge is 0.305 e. The number of hydrogen-bond donors (Lipinski definition) is 0. The first-order valence-electron chi connectivity index (χ1n) is 5.82. The van der Waals surface area contributed by atoms with Crippen LogP contribution in [-0.4, -0.2) is 12.6 Å². The molecule has 0 aromatic carbocycles. The lowest BCUT2D eigenvalue weighted by Gasteiger charge is -2.06. The normalized spacial score (nSPS) is 10.6. The van der Waals surface area contributed by atoms with Gasteiger partial charge in [0.2, 0.25) is 0 Å². The maximum Gasteiger partial charge on any atom is 0.305 e. The minimum atomic E-state index is -0.0322. The van der Waals surface area contributed by atoms with Gasteiger partial charge in [0.25, 0.3) is 0 Å². The highest BCUT2D eigenvalue weighted by molar-refractivity contribution is 5.69. The third kappa shape index (κ3) is 9.56. The number of esters is 1. The fraction of sp³-hybridized carbons (Fsp3) is 0.917. The highest BCUT2D eigenvalue weighted by Crippen LogP contribution is 2.06. The molecule has 0 aliphatic carbocycles. The van der Waals surface area contributed by atoms with E-state index in [0.29, 0.717) is 18.9 Å². The molecule has 0 saturated heterocycles. The second-order valence-electron chi connectivity index (χ2n) is 4.24. The number of carbonyl (C=O) groups is 1. The molecule has 0 aliphatic heterocycles. The van der Waals surface area contributed by atoms with E-state index in [1.54, 1.807) is 0 Å². The van der Waals surface area contributed by atoms with Gasteiger partial charge in [0, 0.05) is 6.42 Å². The highest BCUT2D eigenvalue weighted by Gasteiger charge is 2.03. The average Bonchev–Trinajstić information content (AvgIpc) is 2.14.